The molecular formula is C14H27N3O. The summed E-state index contributed by atoms with van der Waals surface area (Å²) in [6.45, 7) is 9.74. The second-order valence-corrected chi connectivity index (χ2v) is 5.87. The van der Waals surface area contributed by atoms with E-state index in [2.05, 4.69) is 24.1 Å². The van der Waals surface area contributed by atoms with Gasteiger partial charge in [0.2, 0.25) is 5.91 Å². The Hall–Kier alpha value is -0.610. The van der Waals surface area contributed by atoms with Gasteiger partial charge in [0, 0.05) is 32.7 Å². The van der Waals surface area contributed by atoms with Crippen molar-refractivity contribution >= 4 is 5.91 Å². The van der Waals surface area contributed by atoms with E-state index in [0.29, 0.717) is 17.9 Å². The number of piperidine rings is 1. The molecule has 4 heteroatoms. The van der Waals surface area contributed by atoms with Crippen LogP contribution in [0, 0.1) is 11.8 Å². The number of amides is 1. The molecule has 2 saturated heterocycles. The molecule has 1 amide bonds. The molecule has 4 nitrogen and oxygen atoms in total. The maximum atomic E-state index is 12.4. The molecule has 0 bridgehead atoms. The number of carbonyl (C=O) groups is 1. The van der Waals surface area contributed by atoms with E-state index in [0.717, 1.165) is 45.6 Å². The summed E-state index contributed by atoms with van der Waals surface area (Å²) < 4.78 is 0. The second-order valence-electron chi connectivity index (χ2n) is 5.87. The monoisotopic (exact) mass is 253 g/mol. The third-order valence-corrected chi connectivity index (χ3v) is 4.65. The number of hydrogen-bond acceptors (Lipinski definition) is 3. The van der Waals surface area contributed by atoms with Gasteiger partial charge in [-0.25, -0.2) is 0 Å². The van der Waals surface area contributed by atoms with Crippen LogP contribution in [0.25, 0.3) is 0 Å². The molecule has 2 aliphatic heterocycles. The van der Waals surface area contributed by atoms with Gasteiger partial charge in [0.1, 0.15) is 0 Å². The van der Waals surface area contributed by atoms with E-state index in [9.17, 15) is 4.79 Å². The summed E-state index contributed by atoms with van der Waals surface area (Å²) in [6, 6.07) is 0.431. The van der Waals surface area contributed by atoms with Gasteiger partial charge in [-0.1, -0.05) is 13.8 Å². The lowest BCUT2D eigenvalue weighted by Gasteiger charge is -2.41. The number of likely N-dealkylation sites (tertiary alicyclic amines) is 1. The van der Waals surface area contributed by atoms with Crippen molar-refractivity contribution < 1.29 is 4.79 Å². The lowest BCUT2D eigenvalue weighted by atomic mass is 9.91. The molecule has 0 unspecified atom stereocenters. The molecule has 0 spiro atoms. The summed E-state index contributed by atoms with van der Waals surface area (Å²) >= 11 is 0. The number of nitrogens with one attached hydrogen (secondary N) is 1. The molecule has 2 aliphatic rings. The zero-order valence-electron chi connectivity index (χ0n) is 12.0. The molecule has 0 aliphatic carbocycles. The first-order chi connectivity index (χ1) is 8.63. The number of nitrogens with zero attached hydrogens (tertiary/aromatic N) is 2. The molecule has 0 aromatic heterocycles. The predicted octanol–water partition coefficient (Wildman–Crippen LogP) is 0.785. The van der Waals surface area contributed by atoms with Crippen LogP contribution in [0.1, 0.15) is 26.7 Å². The Bertz CT molecular complexity index is 289. The van der Waals surface area contributed by atoms with Gasteiger partial charge < -0.3 is 15.1 Å². The summed E-state index contributed by atoms with van der Waals surface area (Å²) in [6.07, 6.45) is 2.13. The van der Waals surface area contributed by atoms with Crippen molar-refractivity contribution in [2.75, 3.05) is 39.8 Å². The minimum absolute atomic E-state index is 0.214. The highest BCUT2D eigenvalue weighted by Gasteiger charge is 2.34. The van der Waals surface area contributed by atoms with Crippen LogP contribution in [-0.2, 0) is 4.79 Å². The van der Waals surface area contributed by atoms with E-state index in [1.165, 1.54) is 0 Å². The SMILES string of the molecule is CCN1CC[C@H](N(C)C(=O)[C@H]2CCNC2)[C@@H](C)C1. The number of hydrogen-bond donors (Lipinski definition) is 1. The van der Waals surface area contributed by atoms with Gasteiger partial charge >= 0.3 is 0 Å². The molecule has 2 rings (SSSR count). The summed E-state index contributed by atoms with van der Waals surface area (Å²) in [5.41, 5.74) is 0. The van der Waals surface area contributed by atoms with Gasteiger partial charge in [0.25, 0.3) is 0 Å². The highest BCUT2D eigenvalue weighted by Crippen LogP contribution is 2.23. The minimum atomic E-state index is 0.214. The first kappa shape index (κ1) is 13.8. The molecule has 2 fully saturated rings. The third-order valence-electron chi connectivity index (χ3n) is 4.65. The van der Waals surface area contributed by atoms with Crippen LogP contribution >= 0.6 is 0 Å². The van der Waals surface area contributed by atoms with Crippen LogP contribution in [0.15, 0.2) is 0 Å². The van der Waals surface area contributed by atoms with Crippen molar-refractivity contribution in [3.63, 3.8) is 0 Å². The van der Waals surface area contributed by atoms with Crippen LogP contribution in [0.2, 0.25) is 0 Å². The van der Waals surface area contributed by atoms with Crippen molar-refractivity contribution in [3.8, 4) is 0 Å². The number of rotatable bonds is 3. The lowest BCUT2D eigenvalue weighted by Crippen LogP contribution is -2.52. The Morgan fingerprint density at radius 3 is 2.78 bits per heavy atom. The second kappa shape index (κ2) is 6.02. The fraction of sp³-hybridized carbons (Fsp3) is 0.929. The van der Waals surface area contributed by atoms with E-state index >= 15 is 0 Å². The molecule has 18 heavy (non-hydrogen) atoms. The van der Waals surface area contributed by atoms with Gasteiger partial charge in [-0.05, 0) is 31.8 Å². The van der Waals surface area contributed by atoms with E-state index in [-0.39, 0.29) is 5.92 Å². The van der Waals surface area contributed by atoms with Gasteiger partial charge in [-0.2, -0.15) is 0 Å². The van der Waals surface area contributed by atoms with Gasteiger partial charge in [-0.15, -0.1) is 0 Å². The van der Waals surface area contributed by atoms with Crippen molar-refractivity contribution in [2.45, 2.75) is 32.7 Å². The Morgan fingerprint density at radius 1 is 1.44 bits per heavy atom. The molecule has 0 aromatic rings. The largest absolute Gasteiger partial charge is 0.342 e. The van der Waals surface area contributed by atoms with Crippen LogP contribution in [0.4, 0.5) is 0 Å². The zero-order valence-corrected chi connectivity index (χ0v) is 12.0. The molecule has 2 heterocycles. The van der Waals surface area contributed by atoms with Crippen molar-refractivity contribution in [2.24, 2.45) is 11.8 Å². The fourth-order valence-corrected chi connectivity index (χ4v) is 3.40. The number of carbonyl (C=O) groups excluding carboxylic acids is 1. The Labute approximate surface area is 111 Å². The van der Waals surface area contributed by atoms with Crippen molar-refractivity contribution in [1.82, 2.24) is 15.1 Å². The molecule has 3 atom stereocenters. The lowest BCUT2D eigenvalue weighted by molar-refractivity contribution is -0.137. The van der Waals surface area contributed by atoms with E-state index in [1.54, 1.807) is 0 Å². The molecule has 0 saturated carbocycles. The van der Waals surface area contributed by atoms with Gasteiger partial charge in [0.15, 0.2) is 0 Å². The summed E-state index contributed by atoms with van der Waals surface area (Å²) in [5, 5.41) is 3.28. The van der Waals surface area contributed by atoms with Gasteiger partial charge in [0.05, 0.1) is 5.92 Å². The average molecular weight is 253 g/mol. The van der Waals surface area contributed by atoms with E-state index in [1.807, 2.05) is 11.9 Å². The molecule has 0 radical (unpaired) electrons. The summed E-state index contributed by atoms with van der Waals surface area (Å²) in [5.74, 6) is 1.15. The smallest absolute Gasteiger partial charge is 0.227 e. The quantitative estimate of drug-likeness (QED) is 0.807. The zero-order chi connectivity index (χ0) is 13.1. The van der Waals surface area contributed by atoms with Crippen LogP contribution < -0.4 is 5.32 Å². The molecule has 0 aromatic carbocycles. The fourth-order valence-electron chi connectivity index (χ4n) is 3.40. The normalized spacial score (nSPS) is 33.6. The van der Waals surface area contributed by atoms with Crippen LogP contribution in [0.5, 0.6) is 0 Å². The third kappa shape index (κ3) is 2.86. The highest BCUT2D eigenvalue weighted by molar-refractivity contribution is 5.79. The van der Waals surface area contributed by atoms with Crippen LogP contribution in [0.3, 0.4) is 0 Å². The average Bonchev–Trinajstić information content (AvgIpc) is 2.90. The first-order valence-corrected chi connectivity index (χ1v) is 7.33. The van der Waals surface area contributed by atoms with Gasteiger partial charge in [-0.3, -0.25) is 4.79 Å². The topological polar surface area (TPSA) is 35.6 Å². The molecule has 1 N–H and O–H groups in total. The molecular weight excluding hydrogens is 226 g/mol. The van der Waals surface area contributed by atoms with E-state index < -0.39 is 0 Å². The first-order valence-electron chi connectivity index (χ1n) is 7.33. The predicted molar refractivity (Wildman–Crippen MR) is 73.4 cm³/mol. The highest BCUT2D eigenvalue weighted by atomic mass is 16.2. The Balaban J connectivity index is 1.92. The Morgan fingerprint density at radius 2 is 2.22 bits per heavy atom. The maximum Gasteiger partial charge on any atom is 0.227 e. The van der Waals surface area contributed by atoms with Crippen molar-refractivity contribution in [3.05, 3.63) is 0 Å². The standard InChI is InChI=1S/C14H27N3O/c1-4-17-8-6-13(11(2)10-17)16(3)14(18)12-5-7-15-9-12/h11-13,15H,4-10H2,1-3H3/t11-,12-,13-/m0/s1. The molecule has 104 valence electrons. The van der Waals surface area contributed by atoms with E-state index in [4.69, 9.17) is 0 Å². The summed E-state index contributed by atoms with van der Waals surface area (Å²) in [4.78, 5) is 16.9. The maximum absolute atomic E-state index is 12.4. The minimum Gasteiger partial charge on any atom is -0.342 e. The van der Waals surface area contributed by atoms with Crippen molar-refractivity contribution in [1.29, 1.82) is 0 Å². The summed E-state index contributed by atoms with van der Waals surface area (Å²) in [7, 11) is 2.00. The Kier molecular flexibility index (Phi) is 4.62. The van der Waals surface area contributed by atoms with Crippen LogP contribution in [-0.4, -0.2) is 61.5 Å².